The number of nitrogens with zero attached hydrogens (tertiary/aromatic N) is 2. The number of carboxylic acid groups (broad SMARTS) is 1. The molecule has 154 valence electrons. The first-order chi connectivity index (χ1) is 12.3. The second kappa shape index (κ2) is 11.0. The van der Waals surface area contributed by atoms with Gasteiger partial charge in [0.2, 0.25) is 10.0 Å². The molecule has 1 aromatic rings. The largest absolute Gasteiger partial charge is 0.480 e. The van der Waals surface area contributed by atoms with Gasteiger partial charge in [-0.2, -0.15) is 0 Å². The van der Waals surface area contributed by atoms with Crippen LogP contribution in [0.3, 0.4) is 0 Å². The van der Waals surface area contributed by atoms with E-state index in [1.807, 2.05) is 17.0 Å². The Morgan fingerprint density at radius 2 is 1.89 bits per heavy atom. The van der Waals surface area contributed by atoms with Crippen molar-refractivity contribution in [2.45, 2.75) is 45.6 Å². The molecule has 0 saturated carbocycles. The number of hydrogen-bond donors (Lipinski definition) is 1. The first-order valence-corrected chi connectivity index (χ1v) is 10.9. The number of carbonyl (C=O) groups is 1. The maximum Gasteiger partial charge on any atom is 0.317 e. The molecule has 0 radical (unpaired) electrons. The van der Waals surface area contributed by atoms with E-state index in [4.69, 9.17) is 0 Å². The predicted octanol–water partition coefficient (Wildman–Crippen LogP) is 2.55. The quantitative estimate of drug-likeness (QED) is 0.666. The van der Waals surface area contributed by atoms with Crippen LogP contribution in [0.2, 0.25) is 0 Å². The van der Waals surface area contributed by atoms with Crippen LogP contribution in [0.15, 0.2) is 24.3 Å². The highest BCUT2D eigenvalue weighted by Crippen LogP contribution is 2.20. The molecule has 1 heterocycles. The van der Waals surface area contributed by atoms with Crippen LogP contribution in [0.1, 0.15) is 37.3 Å². The first-order valence-electron chi connectivity index (χ1n) is 9.31. The fourth-order valence-corrected chi connectivity index (χ4v) is 4.73. The lowest BCUT2D eigenvalue weighted by Crippen LogP contribution is -2.48. The highest BCUT2D eigenvalue weighted by atomic mass is 35.5. The summed E-state index contributed by atoms with van der Waals surface area (Å²) in [4.78, 5) is 13.3. The average molecular weight is 419 g/mol. The first kappa shape index (κ1) is 23.9. The molecule has 1 fully saturated rings. The van der Waals surface area contributed by atoms with Crippen LogP contribution in [0.4, 0.5) is 0 Å². The van der Waals surface area contributed by atoms with E-state index < -0.39 is 16.0 Å². The van der Waals surface area contributed by atoms with Gasteiger partial charge in [0.25, 0.3) is 0 Å². The van der Waals surface area contributed by atoms with Gasteiger partial charge in [-0.3, -0.25) is 9.69 Å². The Morgan fingerprint density at radius 3 is 2.44 bits per heavy atom. The lowest BCUT2D eigenvalue weighted by Gasteiger charge is -2.37. The van der Waals surface area contributed by atoms with Gasteiger partial charge in [-0.1, -0.05) is 24.3 Å². The van der Waals surface area contributed by atoms with E-state index in [1.165, 1.54) is 15.4 Å². The van der Waals surface area contributed by atoms with E-state index in [0.717, 1.165) is 12.8 Å². The second-order valence-electron chi connectivity index (χ2n) is 6.93. The fraction of sp³-hybridized carbons (Fsp3) is 0.632. The molecule has 0 bridgehead atoms. The third-order valence-electron chi connectivity index (χ3n) is 5.19. The molecule has 6 nitrogen and oxygen atoms in total. The van der Waals surface area contributed by atoms with Gasteiger partial charge in [-0.25, -0.2) is 12.7 Å². The van der Waals surface area contributed by atoms with Crippen molar-refractivity contribution < 1.29 is 18.3 Å². The number of halogens is 1. The Kier molecular flexibility index (Phi) is 9.73. The van der Waals surface area contributed by atoms with E-state index in [0.29, 0.717) is 32.5 Å². The lowest BCUT2D eigenvalue weighted by molar-refractivity contribution is -0.139. The van der Waals surface area contributed by atoms with Crippen molar-refractivity contribution in [3.63, 3.8) is 0 Å². The van der Waals surface area contributed by atoms with Gasteiger partial charge in [0, 0.05) is 19.1 Å². The Bertz CT molecular complexity index is 703. The van der Waals surface area contributed by atoms with Crippen LogP contribution in [-0.4, -0.2) is 66.7 Å². The number of benzene rings is 1. The van der Waals surface area contributed by atoms with Crippen LogP contribution in [-0.2, 0) is 21.2 Å². The minimum Gasteiger partial charge on any atom is -0.480 e. The molecule has 0 aliphatic carbocycles. The highest BCUT2D eigenvalue weighted by molar-refractivity contribution is 7.89. The molecule has 2 rings (SSSR count). The van der Waals surface area contributed by atoms with Gasteiger partial charge in [-0.05, 0) is 57.2 Å². The van der Waals surface area contributed by atoms with Crippen molar-refractivity contribution in [2.75, 3.05) is 31.9 Å². The molecular formula is C19H31ClN2O4S. The standard InChI is InChI=1S/C19H30N2O4S.ClH/c1-3-26(24,25)21-13-10-18(11-14-21)20(15-19(22)23)12-6-9-17-8-5-4-7-16(17)2;/h4-5,7-8,18H,3,6,9-15H2,1-2H3,(H,22,23);1H. The summed E-state index contributed by atoms with van der Waals surface area (Å²) in [5.74, 6) is -0.711. The van der Waals surface area contributed by atoms with Crippen molar-refractivity contribution in [3.05, 3.63) is 35.4 Å². The smallest absolute Gasteiger partial charge is 0.317 e. The van der Waals surface area contributed by atoms with Crippen molar-refractivity contribution in [2.24, 2.45) is 0 Å². The van der Waals surface area contributed by atoms with Gasteiger partial charge < -0.3 is 5.11 Å². The maximum absolute atomic E-state index is 12.0. The van der Waals surface area contributed by atoms with Crippen molar-refractivity contribution in [1.82, 2.24) is 9.21 Å². The van der Waals surface area contributed by atoms with Crippen molar-refractivity contribution >= 4 is 28.4 Å². The van der Waals surface area contributed by atoms with Crippen LogP contribution in [0.25, 0.3) is 0 Å². The third-order valence-corrected chi connectivity index (χ3v) is 7.07. The molecule has 0 unspecified atom stereocenters. The SMILES string of the molecule is CCS(=O)(=O)N1CCC(N(CCCc2ccccc2C)CC(=O)O)CC1.Cl. The number of rotatable bonds is 9. The fourth-order valence-electron chi connectivity index (χ4n) is 3.60. The van der Waals surface area contributed by atoms with E-state index in [1.54, 1.807) is 6.92 Å². The average Bonchev–Trinajstić information content (AvgIpc) is 2.62. The second-order valence-corrected chi connectivity index (χ2v) is 9.18. The number of aryl methyl sites for hydroxylation is 2. The maximum atomic E-state index is 12.0. The zero-order valence-corrected chi connectivity index (χ0v) is 17.8. The minimum atomic E-state index is -3.15. The summed E-state index contributed by atoms with van der Waals surface area (Å²) >= 11 is 0. The zero-order chi connectivity index (χ0) is 19.2. The van der Waals surface area contributed by atoms with Gasteiger partial charge in [0.05, 0.1) is 12.3 Å². The summed E-state index contributed by atoms with van der Waals surface area (Å²) in [5, 5.41) is 9.25. The monoisotopic (exact) mass is 418 g/mol. The van der Waals surface area contributed by atoms with Gasteiger partial charge in [0.15, 0.2) is 0 Å². The van der Waals surface area contributed by atoms with E-state index >= 15 is 0 Å². The summed E-state index contributed by atoms with van der Waals surface area (Å²) in [5.41, 5.74) is 2.56. The summed E-state index contributed by atoms with van der Waals surface area (Å²) in [6, 6.07) is 8.39. The molecule has 1 saturated heterocycles. The van der Waals surface area contributed by atoms with E-state index in [-0.39, 0.29) is 30.7 Å². The Labute approximate surface area is 169 Å². The molecule has 0 spiro atoms. The lowest BCUT2D eigenvalue weighted by atomic mass is 10.0. The molecular weight excluding hydrogens is 388 g/mol. The van der Waals surface area contributed by atoms with Crippen molar-refractivity contribution in [1.29, 1.82) is 0 Å². The van der Waals surface area contributed by atoms with Gasteiger partial charge in [0.1, 0.15) is 0 Å². The molecule has 8 heteroatoms. The Morgan fingerprint density at radius 1 is 1.26 bits per heavy atom. The number of sulfonamides is 1. The summed E-state index contributed by atoms with van der Waals surface area (Å²) in [7, 11) is -3.15. The normalized spacial score (nSPS) is 16.3. The Balaban J connectivity index is 0.00000364. The van der Waals surface area contributed by atoms with Crippen LogP contribution < -0.4 is 0 Å². The number of piperidine rings is 1. The molecule has 0 amide bonds. The number of carboxylic acids is 1. The van der Waals surface area contributed by atoms with Crippen LogP contribution >= 0.6 is 12.4 Å². The zero-order valence-electron chi connectivity index (χ0n) is 16.1. The van der Waals surface area contributed by atoms with Crippen LogP contribution in [0, 0.1) is 6.92 Å². The summed E-state index contributed by atoms with van der Waals surface area (Å²) in [6.07, 6.45) is 3.20. The molecule has 0 atom stereocenters. The van der Waals surface area contributed by atoms with Gasteiger partial charge >= 0.3 is 5.97 Å². The molecule has 1 aromatic carbocycles. The predicted molar refractivity (Wildman–Crippen MR) is 110 cm³/mol. The summed E-state index contributed by atoms with van der Waals surface area (Å²) < 4.78 is 25.5. The Hall–Kier alpha value is -1.15. The molecule has 0 aromatic heterocycles. The minimum absolute atomic E-state index is 0. The molecule has 1 aliphatic rings. The third kappa shape index (κ3) is 7.07. The molecule has 1 N–H and O–H groups in total. The van der Waals surface area contributed by atoms with E-state index in [2.05, 4.69) is 19.1 Å². The van der Waals surface area contributed by atoms with Crippen molar-refractivity contribution in [3.8, 4) is 0 Å². The summed E-state index contributed by atoms with van der Waals surface area (Å²) in [6.45, 7) is 5.44. The number of hydrogen-bond acceptors (Lipinski definition) is 4. The van der Waals surface area contributed by atoms with Gasteiger partial charge in [-0.15, -0.1) is 12.4 Å². The van der Waals surface area contributed by atoms with Crippen LogP contribution in [0.5, 0.6) is 0 Å². The topological polar surface area (TPSA) is 77.9 Å². The number of aliphatic carboxylic acids is 1. The molecule has 27 heavy (non-hydrogen) atoms. The molecule has 1 aliphatic heterocycles. The highest BCUT2D eigenvalue weighted by Gasteiger charge is 2.30. The van der Waals surface area contributed by atoms with E-state index in [9.17, 15) is 18.3 Å².